The van der Waals surface area contributed by atoms with Crippen molar-refractivity contribution in [2.24, 2.45) is 0 Å². The van der Waals surface area contributed by atoms with Gasteiger partial charge in [0, 0.05) is 35.7 Å². The van der Waals surface area contributed by atoms with Gasteiger partial charge in [-0.1, -0.05) is 36.4 Å². The topological polar surface area (TPSA) is 77.6 Å². The quantitative estimate of drug-likeness (QED) is 0.125. The van der Waals surface area contributed by atoms with E-state index in [1.807, 2.05) is 37.4 Å². The van der Waals surface area contributed by atoms with E-state index in [0.29, 0.717) is 34.4 Å². The Kier molecular flexibility index (Phi) is 8.46. The molecule has 0 atom stereocenters. The minimum atomic E-state index is -0.692. The number of nitro groups is 1. The Morgan fingerprint density at radius 2 is 1.62 bits per heavy atom. The molecule has 0 radical (unpaired) electrons. The largest absolute Gasteiger partial charge is 0.485 e. The van der Waals surface area contributed by atoms with Gasteiger partial charge < -0.3 is 9.30 Å². The molecule has 0 aliphatic carbocycles. The number of nitro benzene ring substituents is 1. The number of rotatable bonds is 10. The fourth-order valence-corrected chi connectivity index (χ4v) is 6.21. The van der Waals surface area contributed by atoms with Gasteiger partial charge >= 0.3 is 0 Å². The van der Waals surface area contributed by atoms with Gasteiger partial charge in [-0.3, -0.25) is 19.8 Å². The SMILES string of the molecule is CC(C)Oc1cn(Cc2c(F)cccc2F)c2sc(-c3ccc([N+](=O)[O-])cc3)c(CN(C)Cc3ccccc3)c2c1=O. The lowest BCUT2D eigenvalue weighted by Gasteiger charge is -2.18. The van der Waals surface area contributed by atoms with Gasteiger partial charge in [-0.15, -0.1) is 11.3 Å². The molecule has 2 heterocycles. The molecule has 5 aromatic rings. The van der Waals surface area contributed by atoms with Crippen LogP contribution in [0.25, 0.3) is 20.7 Å². The molecule has 0 amide bonds. The number of pyridine rings is 1. The highest BCUT2D eigenvalue weighted by atomic mass is 32.1. The number of halogens is 2. The summed E-state index contributed by atoms with van der Waals surface area (Å²) in [6, 6.07) is 19.8. The second-order valence-electron chi connectivity index (χ2n) is 10.4. The molecule has 0 saturated carbocycles. The van der Waals surface area contributed by atoms with E-state index in [1.54, 1.807) is 30.5 Å². The predicted molar refractivity (Wildman–Crippen MR) is 161 cm³/mol. The number of benzene rings is 3. The summed E-state index contributed by atoms with van der Waals surface area (Å²) in [5.74, 6) is -1.31. The summed E-state index contributed by atoms with van der Waals surface area (Å²) >= 11 is 1.30. The zero-order valence-corrected chi connectivity index (χ0v) is 24.2. The first-order chi connectivity index (χ1) is 20.1. The molecule has 5 rings (SSSR count). The van der Waals surface area contributed by atoms with Gasteiger partial charge in [0.1, 0.15) is 16.5 Å². The van der Waals surface area contributed by atoms with E-state index in [1.165, 1.54) is 47.9 Å². The maximum absolute atomic E-state index is 14.8. The first kappa shape index (κ1) is 29.1. The molecule has 0 aliphatic rings. The molecule has 10 heteroatoms. The molecular formula is C32H29F2N3O4S. The van der Waals surface area contributed by atoms with Crippen LogP contribution in [-0.2, 0) is 19.6 Å². The van der Waals surface area contributed by atoms with Gasteiger partial charge in [0.05, 0.1) is 29.2 Å². The Morgan fingerprint density at radius 3 is 2.24 bits per heavy atom. The van der Waals surface area contributed by atoms with Crippen molar-refractivity contribution in [2.45, 2.75) is 39.6 Å². The van der Waals surface area contributed by atoms with Crippen molar-refractivity contribution < 1.29 is 18.4 Å². The van der Waals surface area contributed by atoms with Gasteiger partial charge in [0.2, 0.25) is 5.43 Å². The van der Waals surface area contributed by atoms with E-state index in [-0.39, 0.29) is 35.1 Å². The lowest BCUT2D eigenvalue weighted by Crippen LogP contribution is -2.20. The second-order valence-corrected chi connectivity index (χ2v) is 11.4. The van der Waals surface area contributed by atoms with Gasteiger partial charge in [-0.05, 0) is 61.9 Å². The van der Waals surface area contributed by atoms with E-state index in [0.717, 1.165) is 10.4 Å². The zero-order valence-electron chi connectivity index (χ0n) is 23.3. The summed E-state index contributed by atoms with van der Waals surface area (Å²) in [6.07, 6.45) is 1.19. The van der Waals surface area contributed by atoms with Crippen LogP contribution >= 0.6 is 11.3 Å². The lowest BCUT2D eigenvalue weighted by molar-refractivity contribution is -0.384. The predicted octanol–water partition coefficient (Wildman–Crippen LogP) is 7.38. The van der Waals surface area contributed by atoms with Crippen molar-refractivity contribution in [1.29, 1.82) is 0 Å². The minimum absolute atomic E-state index is 0.0511. The van der Waals surface area contributed by atoms with Crippen molar-refractivity contribution >= 4 is 27.2 Å². The monoisotopic (exact) mass is 589 g/mol. The highest BCUT2D eigenvalue weighted by Gasteiger charge is 2.24. The molecular weight excluding hydrogens is 560 g/mol. The van der Waals surface area contributed by atoms with Crippen molar-refractivity contribution in [1.82, 2.24) is 9.47 Å². The maximum Gasteiger partial charge on any atom is 0.269 e. The molecule has 0 spiro atoms. The average molecular weight is 590 g/mol. The summed E-state index contributed by atoms with van der Waals surface area (Å²) in [5, 5.41) is 11.7. The van der Waals surface area contributed by atoms with Crippen molar-refractivity contribution in [3.05, 3.63) is 128 Å². The molecule has 3 aromatic carbocycles. The third-order valence-electron chi connectivity index (χ3n) is 6.79. The number of ether oxygens (including phenoxy) is 1. The van der Waals surface area contributed by atoms with Crippen LogP contribution in [0, 0.1) is 21.7 Å². The summed E-state index contributed by atoms with van der Waals surface area (Å²) in [5.41, 5.74) is 1.99. The van der Waals surface area contributed by atoms with Crippen LogP contribution in [0.2, 0.25) is 0 Å². The van der Waals surface area contributed by atoms with Crippen molar-refractivity contribution in [3.63, 3.8) is 0 Å². The number of non-ortho nitro benzene ring substituents is 1. The number of nitrogens with zero attached hydrogens (tertiary/aromatic N) is 3. The number of hydrogen-bond acceptors (Lipinski definition) is 6. The molecule has 0 N–H and O–H groups in total. The van der Waals surface area contributed by atoms with Gasteiger partial charge in [-0.2, -0.15) is 0 Å². The molecule has 0 saturated heterocycles. The molecule has 0 fully saturated rings. The lowest BCUT2D eigenvalue weighted by atomic mass is 10.0. The van der Waals surface area contributed by atoms with E-state index >= 15 is 0 Å². The summed E-state index contributed by atoms with van der Waals surface area (Å²) in [4.78, 5) is 28.1. The minimum Gasteiger partial charge on any atom is -0.485 e. The Labute approximate surface area is 245 Å². The summed E-state index contributed by atoms with van der Waals surface area (Å²) < 4.78 is 37.1. The van der Waals surface area contributed by atoms with E-state index in [4.69, 9.17) is 4.74 Å². The van der Waals surface area contributed by atoms with Gasteiger partial charge in [0.15, 0.2) is 5.75 Å². The highest BCUT2D eigenvalue weighted by Crippen LogP contribution is 2.40. The van der Waals surface area contributed by atoms with Crippen LogP contribution in [0.4, 0.5) is 14.5 Å². The van der Waals surface area contributed by atoms with Crippen LogP contribution in [0.3, 0.4) is 0 Å². The molecule has 2 aromatic heterocycles. The highest BCUT2D eigenvalue weighted by molar-refractivity contribution is 7.22. The van der Waals surface area contributed by atoms with Crippen LogP contribution in [-0.4, -0.2) is 27.5 Å². The number of aromatic nitrogens is 1. The smallest absolute Gasteiger partial charge is 0.269 e. The average Bonchev–Trinajstić information content (AvgIpc) is 3.32. The first-order valence-corrected chi connectivity index (χ1v) is 14.2. The molecule has 216 valence electrons. The molecule has 0 aliphatic heterocycles. The number of hydrogen-bond donors (Lipinski definition) is 0. The molecule has 42 heavy (non-hydrogen) atoms. The molecule has 0 unspecified atom stereocenters. The van der Waals surface area contributed by atoms with E-state index in [2.05, 4.69) is 4.90 Å². The standard InChI is InChI=1S/C32H29F2N3O4S/c1-20(2)41-28-19-36(18-24-26(33)10-7-11-27(24)34)32-29(30(28)38)25(17-35(3)16-21-8-5-4-6-9-21)31(42-32)22-12-14-23(15-13-22)37(39)40/h4-15,19-20H,16-18H2,1-3H3. The molecule has 0 bridgehead atoms. The van der Waals surface area contributed by atoms with Gasteiger partial charge in [0.25, 0.3) is 5.69 Å². The third-order valence-corrected chi connectivity index (χ3v) is 8.11. The van der Waals surface area contributed by atoms with Gasteiger partial charge in [-0.25, -0.2) is 8.78 Å². The molecule has 7 nitrogen and oxygen atoms in total. The van der Waals surface area contributed by atoms with Crippen LogP contribution in [0.1, 0.15) is 30.5 Å². The third kappa shape index (κ3) is 6.09. The van der Waals surface area contributed by atoms with Crippen molar-refractivity contribution in [3.8, 4) is 16.2 Å². The Hall–Kier alpha value is -4.41. The fourth-order valence-electron chi connectivity index (χ4n) is 4.92. The summed E-state index contributed by atoms with van der Waals surface area (Å²) in [6.45, 7) is 4.41. The van der Waals surface area contributed by atoms with Crippen LogP contribution < -0.4 is 10.2 Å². The van der Waals surface area contributed by atoms with E-state index in [9.17, 15) is 23.7 Å². The van der Waals surface area contributed by atoms with Crippen LogP contribution in [0.15, 0.2) is 83.8 Å². The Balaban J connectivity index is 1.73. The van der Waals surface area contributed by atoms with E-state index < -0.39 is 16.6 Å². The Bertz CT molecular complexity index is 1780. The summed E-state index contributed by atoms with van der Waals surface area (Å²) in [7, 11) is 1.94. The first-order valence-electron chi connectivity index (χ1n) is 13.4. The maximum atomic E-state index is 14.8. The van der Waals surface area contributed by atoms with Crippen molar-refractivity contribution in [2.75, 3.05) is 7.05 Å². The number of fused-ring (bicyclic) bond motifs is 1. The van der Waals surface area contributed by atoms with Crippen LogP contribution in [0.5, 0.6) is 5.75 Å². The zero-order chi connectivity index (χ0) is 30.0. The Morgan fingerprint density at radius 1 is 0.952 bits per heavy atom. The fraction of sp³-hybridized carbons (Fsp3) is 0.219. The second kappa shape index (κ2) is 12.2. The normalized spacial score (nSPS) is 11.5. The number of thiophene rings is 1.